The molecule has 1 atom stereocenters. The Bertz CT molecular complexity index is 1360. The smallest absolute Gasteiger partial charge is 0.412 e. The molecule has 0 saturated carbocycles. The molecule has 0 aliphatic heterocycles. The Morgan fingerprint density at radius 3 is 2.22 bits per heavy atom. The number of halogens is 1. The lowest BCUT2D eigenvalue weighted by Crippen LogP contribution is -2.24. The molecule has 0 spiro atoms. The first-order valence-corrected chi connectivity index (χ1v) is 13.6. The van der Waals surface area contributed by atoms with Crippen LogP contribution < -0.4 is 10.2 Å². The molecule has 0 bridgehead atoms. The number of rotatable bonds is 10. The monoisotopic (exact) mass is 545 g/mol. The molecule has 3 rings (SSSR count). The fourth-order valence-corrected chi connectivity index (χ4v) is 5.32. The number of anilines is 2. The highest BCUT2D eigenvalue weighted by Crippen LogP contribution is 2.28. The Balaban J connectivity index is 1.85. The number of ether oxygens (including phenoxy) is 1. The standard InChI is InChI=1S/C26H28ClN3O6S/c1-4-29(5-2)22-12-15-24(18(3)16-22)28-26(31)36-25(19-6-10-21(11-7-19)30(32)33)17-37(34,35)23-13-8-20(27)9-14-23/h6-16,25H,4-5,17H2,1-3H3,(H,28,31). The van der Waals surface area contributed by atoms with Gasteiger partial charge >= 0.3 is 6.09 Å². The summed E-state index contributed by atoms with van der Waals surface area (Å²) in [5, 5.41) is 14.1. The summed E-state index contributed by atoms with van der Waals surface area (Å²) in [6.45, 7) is 7.63. The van der Waals surface area contributed by atoms with E-state index in [1.807, 2.05) is 19.1 Å². The minimum atomic E-state index is -3.90. The van der Waals surface area contributed by atoms with Gasteiger partial charge in [0.2, 0.25) is 0 Å². The molecule has 196 valence electrons. The molecule has 0 aliphatic carbocycles. The molecule has 3 aromatic rings. The van der Waals surface area contributed by atoms with Gasteiger partial charge in [-0.2, -0.15) is 0 Å². The van der Waals surface area contributed by atoms with Crippen molar-refractivity contribution in [1.29, 1.82) is 0 Å². The van der Waals surface area contributed by atoms with Crippen molar-refractivity contribution in [3.8, 4) is 0 Å². The first kappa shape index (κ1) is 27.9. The van der Waals surface area contributed by atoms with Crippen molar-refractivity contribution in [1.82, 2.24) is 0 Å². The number of hydrogen-bond donors (Lipinski definition) is 1. The second kappa shape index (κ2) is 12.1. The van der Waals surface area contributed by atoms with E-state index >= 15 is 0 Å². The predicted molar refractivity (Wildman–Crippen MR) is 144 cm³/mol. The van der Waals surface area contributed by atoms with Crippen LogP contribution in [0.2, 0.25) is 5.02 Å². The van der Waals surface area contributed by atoms with Crippen LogP contribution in [0.15, 0.2) is 71.6 Å². The second-order valence-electron chi connectivity index (χ2n) is 8.27. The van der Waals surface area contributed by atoms with Crippen molar-refractivity contribution in [3.63, 3.8) is 0 Å². The third kappa shape index (κ3) is 7.21. The number of sulfone groups is 1. The van der Waals surface area contributed by atoms with E-state index in [9.17, 15) is 23.3 Å². The highest BCUT2D eigenvalue weighted by atomic mass is 35.5. The maximum absolute atomic E-state index is 13.1. The van der Waals surface area contributed by atoms with Gasteiger partial charge in [-0.1, -0.05) is 11.6 Å². The van der Waals surface area contributed by atoms with E-state index in [0.29, 0.717) is 16.3 Å². The molecule has 37 heavy (non-hydrogen) atoms. The zero-order valence-corrected chi connectivity index (χ0v) is 22.3. The number of non-ortho nitro benzene ring substituents is 1. The third-order valence-corrected chi connectivity index (χ3v) is 7.83. The maximum Gasteiger partial charge on any atom is 0.412 e. The zero-order valence-electron chi connectivity index (χ0n) is 20.7. The summed E-state index contributed by atoms with van der Waals surface area (Å²) in [4.78, 5) is 25.5. The molecule has 0 heterocycles. The quantitative estimate of drug-likeness (QED) is 0.239. The van der Waals surface area contributed by atoms with Crippen molar-refractivity contribution < 1.29 is 22.9 Å². The van der Waals surface area contributed by atoms with Gasteiger partial charge in [-0.15, -0.1) is 0 Å². The zero-order chi connectivity index (χ0) is 27.2. The molecule has 1 N–H and O–H groups in total. The number of hydrogen-bond acceptors (Lipinski definition) is 7. The minimum absolute atomic E-state index is 0.00987. The van der Waals surface area contributed by atoms with E-state index in [2.05, 4.69) is 24.1 Å². The van der Waals surface area contributed by atoms with E-state index in [4.69, 9.17) is 16.3 Å². The minimum Gasteiger partial charge on any atom is -0.440 e. The Hall–Kier alpha value is -3.63. The summed E-state index contributed by atoms with van der Waals surface area (Å²) in [6, 6.07) is 16.4. The lowest BCUT2D eigenvalue weighted by atomic mass is 10.1. The van der Waals surface area contributed by atoms with Crippen LogP contribution in [0, 0.1) is 17.0 Å². The number of amides is 1. The Labute approximate surface area is 221 Å². The first-order valence-electron chi connectivity index (χ1n) is 11.6. The maximum atomic E-state index is 13.1. The van der Waals surface area contributed by atoms with E-state index in [0.717, 1.165) is 24.3 Å². The van der Waals surface area contributed by atoms with E-state index in [1.54, 1.807) is 6.07 Å². The number of nitrogens with zero attached hydrogens (tertiary/aromatic N) is 2. The van der Waals surface area contributed by atoms with Crippen LogP contribution in [0.4, 0.5) is 21.9 Å². The Kier molecular flexibility index (Phi) is 9.12. The number of nitro benzene ring substituents is 1. The van der Waals surface area contributed by atoms with Gasteiger partial charge in [0, 0.05) is 41.6 Å². The van der Waals surface area contributed by atoms with Gasteiger partial charge in [0.15, 0.2) is 9.84 Å². The largest absolute Gasteiger partial charge is 0.440 e. The van der Waals surface area contributed by atoms with Gasteiger partial charge in [-0.05, 0) is 86.5 Å². The lowest BCUT2D eigenvalue weighted by Gasteiger charge is -2.23. The van der Waals surface area contributed by atoms with Gasteiger partial charge < -0.3 is 9.64 Å². The van der Waals surface area contributed by atoms with Crippen molar-refractivity contribution in [2.24, 2.45) is 0 Å². The fraction of sp³-hybridized carbons (Fsp3) is 0.269. The molecular formula is C26H28ClN3O6S. The number of nitrogens with one attached hydrogen (secondary N) is 1. The number of aryl methyl sites for hydroxylation is 1. The van der Waals surface area contributed by atoms with Crippen LogP contribution in [-0.2, 0) is 14.6 Å². The summed E-state index contributed by atoms with van der Waals surface area (Å²) in [5.41, 5.74) is 2.47. The van der Waals surface area contributed by atoms with E-state index in [-0.39, 0.29) is 10.6 Å². The molecule has 0 radical (unpaired) electrons. The normalized spacial score (nSPS) is 12.0. The number of carbonyl (C=O) groups excluding carboxylic acids is 1. The molecule has 1 unspecified atom stereocenters. The van der Waals surface area contributed by atoms with Gasteiger partial charge in [-0.25, -0.2) is 13.2 Å². The molecule has 11 heteroatoms. The van der Waals surface area contributed by atoms with Crippen LogP contribution in [0.5, 0.6) is 0 Å². The molecular weight excluding hydrogens is 518 g/mol. The van der Waals surface area contributed by atoms with Crippen LogP contribution in [-0.4, -0.2) is 38.3 Å². The molecule has 3 aromatic carbocycles. The average Bonchev–Trinajstić information content (AvgIpc) is 2.86. The van der Waals surface area contributed by atoms with Crippen LogP contribution >= 0.6 is 11.6 Å². The molecule has 0 fully saturated rings. The van der Waals surface area contributed by atoms with E-state index in [1.165, 1.54) is 48.5 Å². The van der Waals surface area contributed by atoms with Crippen LogP contribution in [0.1, 0.15) is 31.1 Å². The van der Waals surface area contributed by atoms with E-state index < -0.39 is 32.7 Å². The average molecular weight is 546 g/mol. The van der Waals surface area contributed by atoms with Gasteiger partial charge in [0.05, 0.1) is 15.6 Å². The van der Waals surface area contributed by atoms with Gasteiger partial charge in [0.1, 0.15) is 6.10 Å². The molecule has 9 nitrogen and oxygen atoms in total. The summed E-state index contributed by atoms with van der Waals surface area (Å²) in [7, 11) is -3.90. The highest BCUT2D eigenvalue weighted by molar-refractivity contribution is 7.91. The second-order valence-corrected chi connectivity index (χ2v) is 10.7. The summed E-state index contributed by atoms with van der Waals surface area (Å²) in [6.07, 6.45) is -2.08. The van der Waals surface area contributed by atoms with Gasteiger partial charge in [-0.3, -0.25) is 15.4 Å². The van der Waals surface area contributed by atoms with Crippen molar-refractivity contribution in [2.45, 2.75) is 31.8 Å². The lowest BCUT2D eigenvalue weighted by molar-refractivity contribution is -0.384. The number of benzene rings is 3. The summed E-state index contributed by atoms with van der Waals surface area (Å²) >= 11 is 5.88. The SMILES string of the molecule is CCN(CC)c1ccc(NC(=O)OC(CS(=O)(=O)c2ccc(Cl)cc2)c2ccc([N+](=O)[O-])cc2)c(C)c1. The Morgan fingerprint density at radius 2 is 1.68 bits per heavy atom. The topological polar surface area (TPSA) is 119 Å². The van der Waals surface area contributed by atoms with Crippen molar-refractivity contribution in [2.75, 3.05) is 29.1 Å². The first-order chi connectivity index (χ1) is 17.5. The van der Waals surface area contributed by atoms with Crippen LogP contribution in [0.3, 0.4) is 0 Å². The van der Waals surface area contributed by atoms with Gasteiger partial charge in [0.25, 0.3) is 5.69 Å². The molecule has 0 saturated heterocycles. The molecule has 0 aromatic heterocycles. The number of carbonyl (C=O) groups is 1. The van der Waals surface area contributed by atoms with Crippen molar-refractivity contribution >= 4 is 44.6 Å². The number of nitro groups is 1. The van der Waals surface area contributed by atoms with Crippen molar-refractivity contribution in [3.05, 3.63) is 93.0 Å². The Morgan fingerprint density at radius 1 is 1.05 bits per heavy atom. The third-order valence-electron chi connectivity index (χ3n) is 5.84. The molecule has 1 amide bonds. The fourth-order valence-electron chi connectivity index (χ4n) is 3.79. The highest BCUT2D eigenvalue weighted by Gasteiger charge is 2.27. The summed E-state index contributed by atoms with van der Waals surface area (Å²) < 4.78 is 31.7. The molecule has 0 aliphatic rings. The predicted octanol–water partition coefficient (Wildman–Crippen LogP) is 6.17. The summed E-state index contributed by atoms with van der Waals surface area (Å²) in [5.74, 6) is -0.570. The van der Waals surface area contributed by atoms with Crippen LogP contribution in [0.25, 0.3) is 0 Å².